The largest absolute Gasteiger partial charge is 0.494 e. The van der Waals surface area contributed by atoms with Gasteiger partial charge in [0.2, 0.25) is 0 Å². The van der Waals surface area contributed by atoms with E-state index in [-0.39, 0.29) is 11.5 Å². The van der Waals surface area contributed by atoms with Crippen molar-refractivity contribution in [2.75, 3.05) is 20.2 Å². The minimum absolute atomic E-state index is 0.0519. The van der Waals surface area contributed by atoms with Gasteiger partial charge in [0.1, 0.15) is 17.3 Å². The van der Waals surface area contributed by atoms with E-state index in [2.05, 4.69) is 5.32 Å². The first kappa shape index (κ1) is 21.4. The van der Waals surface area contributed by atoms with Crippen LogP contribution in [0.4, 0.5) is 0 Å². The number of ether oxygens (including phenoxy) is 1. The van der Waals surface area contributed by atoms with Crippen molar-refractivity contribution in [3.05, 3.63) is 77.5 Å². The molecule has 0 radical (unpaired) electrons. The first-order valence-corrected chi connectivity index (χ1v) is 10.5. The number of nitrogens with one attached hydrogen (secondary N) is 2. The molecule has 4 aromatic rings. The van der Waals surface area contributed by atoms with Crippen molar-refractivity contribution in [3.8, 4) is 5.75 Å². The Kier molecular flexibility index (Phi) is 6.09. The minimum atomic E-state index is -0.997. The van der Waals surface area contributed by atoms with Gasteiger partial charge in [-0.05, 0) is 60.6 Å². The van der Waals surface area contributed by atoms with Gasteiger partial charge >= 0.3 is 5.97 Å². The quantitative estimate of drug-likeness (QED) is 0.183. The SMILES string of the molecule is CNCCCOc1ccc2c(Cn3c(C(=O)O)cc4ccc(C(=N)N)cc43)cccc2c1. The number of fused-ring (bicyclic) bond motifs is 2. The van der Waals surface area contributed by atoms with Crippen LogP contribution in [0.3, 0.4) is 0 Å². The van der Waals surface area contributed by atoms with Crippen molar-refractivity contribution < 1.29 is 14.6 Å². The molecular formula is C25H26N4O3. The first-order chi connectivity index (χ1) is 15.5. The van der Waals surface area contributed by atoms with Crippen molar-refractivity contribution >= 4 is 33.5 Å². The molecule has 0 aliphatic rings. The summed E-state index contributed by atoms with van der Waals surface area (Å²) < 4.78 is 7.62. The van der Waals surface area contributed by atoms with Crippen LogP contribution in [0.5, 0.6) is 5.75 Å². The lowest BCUT2D eigenvalue weighted by Crippen LogP contribution is -2.12. The number of benzene rings is 3. The molecule has 3 aromatic carbocycles. The fraction of sp³-hybridized carbons (Fsp3) is 0.200. The zero-order valence-corrected chi connectivity index (χ0v) is 17.9. The summed E-state index contributed by atoms with van der Waals surface area (Å²) in [6.07, 6.45) is 0.926. The molecule has 32 heavy (non-hydrogen) atoms. The van der Waals surface area contributed by atoms with E-state index in [4.69, 9.17) is 15.9 Å². The molecule has 4 rings (SSSR count). The maximum absolute atomic E-state index is 11.9. The van der Waals surface area contributed by atoms with Gasteiger partial charge < -0.3 is 25.5 Å². The molecule has 0 bridgehead atoms. The van der Waals surface area contributed by atoms with Crippen LogP contribution in [0.2, 0.25) is 0 Å². The number of aromatic carboxylic acids is 1. The lowest BCUT2D eigenvalue weighted by atomic mass is 10.0. The van der Waals surface area contributed by atoms with Crippen LogP contribution in [0.25, 0.3) is 21.7 Å². The zero-order chi connectivity index (χ0) is 22.7. The molecule has 0 spiro atoms. The Morgan fingerprint density at radius 2 is 1.97 bits per heavy atom. The van der Waals surface area contributed by atoms with Crippen molar-refractivity contribution in [2.24, 2.45) is 5.73 Å². The standard InChI is InChI=1S/C25H26N4O3/c1-28-10-3-11-32-20-8-9-21-16(12-20)4-2-5-19(21)15-29-22-14-18(24(26)27)7-6-17(22)13-23(29)25(30)31/h2,4-9,12-14,28H,3,10-11,15H2,1H3,(H3,26,27)(H,30,31). The average Bonchev–Trinajstić information content (AvgIpc) is 3.15. The molecule has 1 aromatic heterocycles. The molecule has 0 aliphatic carbocycles. The predicted molar refractivity (Wildman–Crippen MR) is 127 cm³/mol. The number of carboxylic acid groups (broad SMARTS) is 1. The Morgan fingerprint density at radius 3 is 2.72 bits per heavy atom. The van der Waals surface area contributed by atoms with Crippen molar-refractivity contribution in [3.63, 3.8) is 0 Å². The van der Waals surface area contributed by atoms with Gasteiger partial charge in [-0.15, -0.1) is 0 Å². The number of nitrogens with two attached hydrogens (primary N) is 1. The number of aromatic nitrogens is 1. The maximum atomic E-state index is 11.9. The summed E-state index contributed by atoms with van der Waals surface area (Å²) in [7, 11) is 1.92. The lowest BCUT2D eigenvalue weighted by molar-refractivity contribution is 0.0686. The van der Waals surface area contributed by atoms with Crippen LogP contribution >= 0.6 is 0 Å². The van der Waals surface area contributed by atoms with Crippen LogP contribution < -0.4 is 15.8 Å². The van der Waals surface area contributed by atoms with Crippen LogP contribution in [0.15, 0.2) is 60.7 Å². The smallest absolute Gasteiger partial charge is 0.352 e. The Labute approximate surface area is 185 Å². The van der Waals surface area contributed by atoms with Gasteiger partial charge in [-0.2, -0.15) is 0 Å². The summed E-state index contributed by atoms with van der Waals surface area (Å²) in [6.45, 7) is 1.92. The number of nitrogen functional groups attached to an aromatic ring is 1. The molecule has 0 saturated carbocycles. The van der Waals surface area contributed by atoms with E-state index in [1.807, 2.05) is 43.4 Å². The van der Waals surface area contributed by atoms with Gasteiger partial charge in [0.25, 0.3) is 0 Å². The number of nitrogens with zero attached hydrogens (tertiary/aromatic N) is 1. The van der Waals surface area contributed by atoms with Gasteiger partial charge in [0.15, 0.2) is 0 Å². The highest BCUT2D eigenvalue weighted by molar-refractivity contribution is 6.01. The Bertz CT molecular complexity index is 1310. The van der Waals surface area contributed by atoms with Crippen LogP contribution in [0, 0.1) is 5.41 Å². The summed E-state index contributed by atoms with van der Waals surface area (Å²) in [4.78, 5) is 11.9. The third-order valence-corrected chi connectivity index (χ3v) is 5.54. The molecule has 7 heteroatoms. The summed E-state index contributed by atoms with van der Waals surface area (Å²) in [6, 6.07) is 18.9. The van der Waals surface area contributed by atoms with Crippen LogP contribution in [0.1, 0.15) is 28.0 Å². The third-order valence-electron chi connectivity index (χ3n) is 5.54. The summed E-state index contributed by atoms with van der Waals surface area (Å²) in [5.74, 6) is -0.235. The Balaban J connectivity index is 1.72. The number of hydrogen-bond donors (Lipinski definition) is 4. The van der Waals surface area contributed by atoms with E-state index in [0.717, 1.165) is 46.0 Å². The molecule has 7 nitrogen and oxygen atoms in total. The fourth-order valence-corrected chi connectivity index (χ4v) is 3.94. The second-order valence-corrected chi connectivity index (χ2v) is 7.71. The molecule has 5 N–H and O–H groups in total. The summed E-state index contributed by atoms with van der Waals surface area (Å²) in [5.41, 5.74) is 8.15. The Hall–Kier alpha value is -3.84. The molecule has 164 valence electrons. The van der Waals surface area contributed by atoms with Crippen LogP contribution in [-0.4, -0.2) is 41.7 Å². The van der Waals surface area contributed by atoms with Gasteiger partial charge in [-0.25, -0.2) is 4.79 Å². The molecular weight excluding hydrogens is 404 g/mol. The first-order valence-electron chi connectivity index (χ1n) is 10.5. The third kappa shape index (κ3) is 4.29. The zero-order valence-electron chi connectivity index (χ0n) is 17.9. The van der Waals surface area contributed by atoms with E-state index in [1.165, 1.54) is 0 Å². The predicted octanol–water partition coefficient (Wildman–Crippen LogP) is 3.81. The fourth-order valence-electron chi connectivity index (χ4n) is 3.94. The molecule has 0 amide bonds. The molecule has 0 atom stereocenters. The molecule has 0 aliphatic heterocycles. The summed E-state index contributed by atoms with van der Waals surface area (Å²) >= 11 is 0. The molecule has 0 unspecified atom stereocenters. The second-order valence-electron chi connectivity index (χ2n) is 7.71. The minimum Gasteiger partial charge on any atom is -0.494 e. The number of hydrogen-bond acceptors (Lipinski definition) is 4. The lowest BCUT2D eigenvalue weighted by Gasteiger charge is -2.13. The van der Waals surface area contributed by atoms with E-state index < -0.39 is 5.97 Å². The van der Waals surface area contributed by atoms with E-state index in [1.54, 1.807) is 28.8 Å². The highest BCUT2D eigenvalue weighted by atomic mass is 16.5. The molecule has 0 fully saturated rings. The van der Waals surface area contributed by atoms with Gasteiger partial charge in [-0.1, -0.05) is 36.4 Å². The average molecular weight is 431 g/mol. The second kappa shape index (κ2) is 9.11. The molecule has 0 saturated heterocycles. The highest BCUT2D eigenvalue weighted by Gasteiger charge is 2.17. The van der Waals surface area contributed by atoms with Crippen molar-refractivity contribution in [1.82, 2.24) is 9.88 Å². The highest BCUT2D eigenvalue weighted by Crippen LogP contribution is 2.28. The van der Waals surface area contributed by atoms with Gasteiger partial charge in [-0.3, -0.25) is 5.41 Å². The van der Waals surface area contributed by atoms with Gasteiger partial charge in [0, 0.05) is 23.0 Å². The van der Waals surface area contributed by atoms with E-state index >= 15 is 0 Å². The monoisotopic (exact) mass is 430 g/mol. The normalized spacial score (nSPS) is 11.2. The number of rotatable bonds is 9. The van der Waals surface area contributed by atoms with Crippen molar-refractivity contribution in [2.45, 2.75) is 13.0 Å². The van der Waals surface area contributed by atoms with Crippen molar-refractivity contribution in [1.29, 1.82) is 5.41 Å². The molecule has 1 heterocycles. The number of carbonyl (C=O) groups is 1. The Morgan fingerprint density at radius 1 is 1.12 bits per heavy atom. The van der Waals surface area contributed by atoms with Crippen LogP contribution in [-0.2, 0) is 6.54 Å². The number of carboxylic acids is 1. The summed E-state index contributed by atoms with van der Waals surface area (Å²) in [5, 5.41) is 23.5. The topological polar surface area (TPSA) is 113 Å². The van der Waals surface area contributed by atoms with Gasteiger partial charge in [0.05, 0.1) is 6.61 Å². The maximum Gasteiger partial charge on any atom is 0.352 e. The number of amidine groups is 1. The van der Waals surface area contributed by atoms with E-state index in [9.17, 15) is 9.90 Å². The van der Waals surface area contributed by atoms with E-state index in [0.29, 0.717) is 18.7 Å².